The van der Waals surface area contributed by atoms with Gasteiger partial charge >= 0.3 is 11.9 Å². The first-order valence-electron chi connectivity index (χ1n) is 9.91. The summed E-state index contributed by atoms with van der Waals surface area (Å²) in [5.74, 6) is -1.09. The van der Waals surface area contributed by atoms with Gasteiger partial charge in [-0.15, -0.1) is 0 Å². The van der Waals surface area contributed by atoms with Crippen LogP contribution in [-0.2, 0) is 14.3 Å². The number of hydrogen-bond acceptors (Lipinski definition) is 5. The van der Waals surface area contributed by atoms with Gasteiger partial charge in [0.15, 0.2) is 0 Å². The molecule has 0 aliphatic carbocycles. The highest BCUT2D eigenvalue weighted by Crippen LogP contribution is 2.48. The molecule has 0 saturated carbocycles. The Labute approximate surface area is 185 Å². The summed E-state index contributed by atoms with van der Waals surface area (Å²) in [4.78, 5) is 27.6. The van der Waals surface area contributed by atoms with Crippen LogP contribution in [0.5, 0.6) is 0 Å². The third-order valence-electron chi connectivity index (χ3n) is 6.41. The predicted octanol–water partition coefficient (Wildman–Crippen LogP) is 4.57. The molecule has 0 amide bonds. The van der Waals surface area contributed by atoms with Crippen molar-refractivity contribution >= 4 is 35.1 Å². The van der Waals surface area contributed by atoms with Crippen molar-refractivity contribution in [1.82, 2.24) is 4.90 Å². The van der Waals surface area contributed by atoms with Gasteiger partial charge in [0, 0.05) is 24.4 Å². The number of benzene rings is 2. The maximum absolute atomic E-state index is 12.8. The van der Waals surface area contributed by atoms with Crippen LogP contribution in [0.1, 0.15) is 34.7 Å². The van der Waals surface area contributed by atoms with E-state index in [4.69, 9.17) is 32.7 Å². The van der Waals surface area contributed by atoms with Crippen LogP contribution < -0.4 is 0 Å². The Balaban J connectivity index is 1.62. The number of rotatable bonds is 4. The lowest BCUT2D eigenvalue weighted by atomic mass is 9.76. The highest BCUT2D eigenvalue weighted by molar-refractivity contribution is 6.42. The van der Waals surface area contributed by atoms with Crippen LogP contribution >= 0.6 is 23.2 Å². The van der Waals surface area contributed by atoms with Gasteiger partial charge in [0.25, 0.3) is 0 Å². The third-order valence-corrected chi connectivity index (χ3v) is 7.14. The van der Waals surface area contributed by atoms with Crippen molar-refractivity contribution in [2.75, 3.05) is 14.2 Å². The molecule has 2 aromatic rings. The molecule has 2 heterocycles. The molecule has 5 nitrogen and oxygen atoms in total. The molecule has 0 radical (unpaired) electrons. The van der Waals surface area contributed by atoms with Crippen LogP contribution in [0.15, 0.2) is 48.5 Å². The normalized spacial score (nSPS) is 28.2. The number of methoxy groups -OCH3 is 1. The number of likely N-dealkylation sites (N-methyl/N-ethyl adjacent to an activating group) is 1. The smallest absolute Gasteiger partial charge is 0.338 e. The van der Waals surface area contributed by atoms with E-state index in [2.05, 4.69) is 4.90 Å². The van der Waals surface area contributed by atoms with Gasteiger partial charge < -0.3 is 9.47 Å². The fourth-order valence-corrected chi connectivity index (χ4v) is 5.22. The Morgan fingerprint density at radius 2 is 1.73 bits per heavy atom. The van der Waals surface area contributed by atoms with E-state index in [0.29, 0.717) is 28.5 Å². The molecule has 158 valence electrons. The molecule has 4 rings (SSSR count). The Hall–Kier alpha value is -2.08. The van der Waals surface area contributed by atoms with Crippen LogP contribution in [0.3, 0.4) is 0 Å². The average Bonchev–Trinajstić information content (AvgIpc) is 2.94. The number of fused-ring (bicyclic) bond motifs is 2. The van der Waals surface area contributed by atoms with E-state index in [1.165, 1.54) is 7.11 Å². The second-order valence-electron chi connectivity index (χ2n) is 7.91. The molecule has 2 saturated heterocycles. The minimum Gasteiger partial charge on any atom is -0.469 e. The van der Waals surface area contributed by atoms with Gasteiger partial charge in [0.05, 0.1) is 28.6 Å². The van der Waals surface area contributed by atoms with E-state index in [1.807, 2.05) is 37.4 Å². The van der Waals surface area contributed by atoms with Crippen molar-refractivity contribution in [3.8, 4) is 0 Å². The maximum atomic E-state index is 12.8. The first-order valence-corrected chi connectivity index (χ1v) is 10.7. The zero-order chi connectivity index (χ0) is 21.4. The quantitative estimate of drug-likeness (QED) is 0.642. The minimum atomic E-state index is -0.381. The number of hydrogen-bond donors (Lipinski definition) is 0. The molecule has 5 atom stereocenters. The molecule has 2 aromatic carbocycles. The molecule has 5 unspecified atom stereocenters. The van der Waals surface area contributed by atoms with Gasteiger partial charge in [-0.25, -0.2) is 4.79 Å². The Morgan fingerprint density at radius 3 is 2.40 bits per heavy atom. The molecule has 2 aliphatic rings. The van der Waals surface area contributed by atoms with E-state index in [1.54, 1.807) is 18.2 Å². The molecule has 2 bridgehead atoms. The Bertz CT molecular complexity index is 951. The lowest BCUT2D eigenvalue weighted by Crippen LogP contribution is -2.50. The average molecular weight is 448 g/mol. The van der Waals surface area contributed by atoms with Crippen molar-refractivity contribution in [1.29, 1.82) is 0 Å². The summed E-state index contributed by atoms with van der Waals surface area (Å²) < 4.78 is 11.0. The van der Waals surface area contributed by atoms with Crippen molar-refractivity contribution in [2.24, 2.45) is 5.92 Å². The fourth-order valence-electron chi connectivity index (χ4n) is 4.91. The predicted molar refractivity (Wildman–Crippen MR) is 115 cm³/mol. The molecule has 0 N–H and O–H groups in total. The summed E-state index contributed by atoms with van der Waals surface area (Å²) in [5, 5.41) is 0.928. The number of nitrogens with zero attached hydrogens (tertiary/aromatic N) is 1. The Kier molecular flexibility index (Phi) is 6.05. The Morgan fingerprint density at radius 1 is 1.00 bits per heavy atom. The standard InChI is InChI=1S/C23H23Cl2NO4/c1-26-18-11-15(14-8-9-16(24)17(25)10-14)21(23(28)29-2)19(26)12-20(18)30-22(27)13-6-4-3-5-7-13/h3-10,15,18-21H,11-12H2,1-2H3. The van der Waals surface area contributed by atoms with E-state index < -0.39 is 0 Å². The van der Waals surface area contributed by atoms with E-state index in [0.717, 1.165) is 5.56 Å². The van der Waals surface area contributed by atoms with Crippen LogP contribution in [0.25, 0.3) is 0 Å². The second kappa shape index (κ2) is 8.58. The molecule has 30 heavy (non-hydrogen) atoms. The van der Waals surface area contributed by atoms with Crippen LogP contribution in [-0.4, -0.2) is 49.2 Å². The lowest BCUT2D eigenvalue weighted by molar-refractivity contribution is -0.150. The second-order valence-corrected chi connectivity index (χ2v) is 8.72. The SMILES string of the molecule is COC(=O)C1C(c2ccc(Cl)c(Cl)c2)CC2C(OC(=O)c3ccccc3)CC1N2C. The number of carbonyl (C=O) groups excluding carboxylic acids is 2. The first-order chi connectivity index (χ1) is 14.4. The van der Waals surface area contributed by atoms with Gasteiger partial charge in [0.1, 0.15) is 6.10 Å². The van der Waals surface area contributed by atoms with Crippen molar-refractivity contribution in [3.63, 3.8) is 0 Å². The molecular formula is C23H23Cl2NO4. The number of piperidine rings is 1. The molecule has 2 fully saturated rings. The first kappa shape index (κ1) is 21.2. The highest BCUT2D eigenvalue weighted by atomic mass is 35.5. The summed E-state index contributed by atoms with van der Waals surface area (Å²) in [5.41, 5.74) is 1.46. The summed E-state index contributed by atoms with van der Waals surface area (Å²) in [6.45, 7) is 0. The van der Waals surface area contributed by atoms with E-state index in [9.17, 15) is 9.59 Å². The fraction of sp³-hybridized carbons (Fsp3) is 0.391. The van der Waals surface area contributed by atoms with Crippen LogP contribution in [0.2, 0.25) is 10.0 Å². The van der Waals surface area contributed by atoms with Crippen molar-refractivity contribution in [2.45, 2.75) is 36.9 Å². The zero-order valence-corrected chi connectivity index (χ0v) is 18.3. The lowest BCUT2D eigenvalue weighted by Gasteiger charge is -2.41. The molecule has 2 aliphatic heterocycles. The number of halogens is 2. The number of esters is 2. The maximum Gasteiger partial charge on any atom is 0.338 e. The van der Waals surface area contributed by atoms with Gasteiger partial charge in [-0.1, -0.05) is 47.5 Å². The molecular weight excluding hydrogens is 425 g/mol. The number of carbonyl (C=O) groups is 2. The third kappa shape index (κ3) is 3.82. The number of ether oxygens (including phenoxy) is 2. The summed E-state index contributed by atoms with van der Waals surface area (Å²) in [6.07, 6.45) is 0.932. The van der Waals surface area contributed by atoms with Gasteiger partial charge in [-0.05, 0) is 43.3 Å². The van der Waals surface area contributed by atoms with E-state index in [-0.39, 0.29) is 42.0 Å². The van der Waals surface area contributed by atoms with Crippen LogP contribution in [0, 0.1) is 5.92 Å². The van der Waals surface area contributed by atoms with Gasteiger partial charge in [-0.2, -0.15) is 0 Å². The van der Waals surface area contributed by atoms with E-state index >= 15 is 0 Å². The van der Waals surface area contributed by atoms with Crippen LogP contribution in [0.4, 0.5) is 0 Å². The monoisotopic (exact) mass is 447 g/mol. The summed E-state index contributed by atoms with van der Waals surface area (Å²) >= 11 is 12.3. The summed E-state index contributed by atoms with van der Waals surface area (Å²) in [7, 11) is 3.38. The molecule has 0 spiro atoms. The zero-order valence-electron chi connectivity index (χ0n) is 16.8. The summed E-state index contributed by atoms with van der Waals surface area (Å²) in [6, 6.07) is 14.3. The topological polar surface area (TPSA) is 55.8 Å². The molecule has 7 heteroatoms. The molecule has 0 aromatic heterocycles. The largest absolute Gasteiger partial charge is 0.469 e. The minimum absolute atomic E-state index is 0.00280. The van der Waals surface area contributed by atoms with Crippen molar-refractivity contribution < 1.29 is 19.1 Å². The van der Waals surface area contributed by atoms with Gasteiger partial charge in [0.2, 0.25) is 0 Å². The van der Waals surface area contributed by atoms with Crippen molar-refractivity contribution in [3.05, 3.63) is 69.7 Å². The van der Waals surface area contributed by atoms with Gasteiger partial charge in [-0.3, -0.25) is 9.69 Å². The highest BCUT2D eigenvalue weighted by Gasteiger charge is 2.54.